The van der Waals surface area contributed by atoms with E-state index in [9.17, 15) is 4.79 Å². The van der Waals surface area contributed by atoms with Crippen molar-refractivity contribution in [2.45, 2.75) is 0 Å². The summed E-state index contributed by atoms with van der Waals surface area (Å²) in [6.07, 6.45) is 0. The van der Waals surface area contributed by atoms with E-state index in [1.807, 2.05) is 0 Å². The summed E-state index contributed by atoms with van der Waals surface area (Å²) in [4.78, 5) is 10.5. The summed E-state index contributed by atoms with van der Waals surface area (Å²) in [7, 11) is 0. The van der Waals surface area contributed by atoms with Crippen molar-refractivity contribution >= 4 is 23.3 Å². The third-order valence-corrected chi connectivity index (χ3v) is 1.57. The first-order valence-corrected chi connectivity index (χ1v) is 3.46. The molecule has 0 bridgehead atoms. The van der Waals surface area contributed by atoms with Gasteiger partial charge in [0.2, 0.25) is 5.69 Å². The largest absolute Gasteiger partial charge is 0.502 e. The van der Waals surface area contributed by atoms with E-state index in [0.717, 1.165) is 0 Å². The zero-order chi connectivity index (χ0) is 9.14. The Bertz CT molecular complexity index is 338. The third-order valence-electron chi connectivity index (χ3n) is 1.33. The van der Waals surface area contributed by atoms with E-state index in [4.69, 9.17) is 22.2 Å². The number of carboxylic acid groups (broad SMARTS) is 1. The van der Waals surface area contributed by atoms with Gasteiger partial charge in [-0.25, -0.2) is 4.79 Å². The van der Waals surface area contributed by atoms with Gasteiger partial charge in [-0.3, -0.25) is 5.11 Å². The van der Waals surface area contributed by atoms with Gasteiger partial charge in [-0.15, -0.1) is 0 Å². The van der Waals surface area contributed by atoms with Crippen LogP contribution >= 0.6 is 11.6 Å². The second kappa shape index (κ2) is 3.32. The van der Waals surface area contributed by atoms with Gasteiger partial charge in [0, 0.05) is 11.1 Å². The molecule has 12 heavy (non-hydrogen) atoms. The molecule has 0 saturated heterocycles. The predicted molar refractivity (Wildman–Crippen MR) is 42.4 cm³/mol. The molecule has 0 spiro atoms. The van der Waals surface area contributed by atoms with Crippen molar-refractivity contribution in [1.82, 2.24) is 0 Å². The molecular weight excluding hydrogens is 180 g/mol. The van der Waals surface area contributed by atoms with Crippen LogP contribution in [-0.4, -0.2) is 11.1 Å². The molecule has 4 nitrogen and oxygen atoms in total. The van der Waals surface area contributed by atoms with E-state index < -0.39 is 5.97 Å². The molecule has 0 aliphatic rings. The first-order valence-electron chi connectivity index (χ1n) is 3.08. The van der Waals surface area contributed by atoms with Crippen LogP contribution in [0.15, 0.2) is 18.2 Å². The van der Waals surface area contributed by atoms with Gasteiger partial charge < -0.3 is 10.6 Å². The zero-order valence-electron chi connectivity index (χ0n) is 5.91. The Morgan fingerprint density at radius 3 is 2.75 bits per heavy atom. The minimum Gasteiger partial charge on any atom is -0.502 e. The molecule has 0 aromatic heterocycles. The van der Waals surface area contributed by atoms with Crippen LogP contribution in [0.25, 0.3) is 5.53 Å². The molecule has 0 heterocycles. The molecule has 0 unspecified atom stereocenters. The lowest BCUT2D eigenvalue weighted by Crippen LogP contribution is -2.55. The molecule has 1 rings (SSSR count). The smallest absolute Gasteiger partial charge is 0.342 e. The van der Waals surface area contributed by atoms with Crippen molar-refractivity contribution in [2.24, 2.45) is 0 Å². The van der Waals surface area contributed by atoms with Gasteiger partial charge >= 0.3 is 5.97 Å². The molecule has 0 fully saturated rings. The maximum Gasteiger partial charge on any atom is 0.342 e. The van der Waals surface area contributed by atoms with Crippen LogP contribution < -0.4 is 5.11 Å². The molecule has 2 N–H and O–H groups in total. The monoisotopic (exact) mass is 184 g/mol. The van der Waals surface area contributed by atoms with Crippen molar-refractivity contribution in [2.75, 3.05) is 0 Å². The highest BCUT2D eigenvalue weighted by atomic mass is 35.5. The Morgan fingerprint density at radius 2 is 2.25 bits per heavy atom. The number of hydrogen-bond acceptors (Lipinski definition) is 1. The number of carbonyl (C=O) groups is 1. The van der Waals surface area contributed by atoms with Crippen molar-refractivity contribution in [3.8, 4) is 0 Å². The van der Waals surface area contributed by atoms with Crippen molar-refractivity contribution in [3.05, 3.63) is 34.3 Å². The van der Waals surface area contributed by atoms with E-state index in [2.05, 4.69) is 0 Å². The first kappa shape index (κ1) is 8.67. The Labute approximate surface area is 73.3 Å². The highest BCUT2D eigenvalue weighted by Gasteiger charge is 2.12. The molecule has 0 atom stereocenters. The summed E-state index contributed by atoms with van der Waals surface area (Å²) in [5, 5.41) is 10.7. The molecule has 0 amide bonds. The molecule has 0 saturated carbocycles. The number of benzene rings is 1. The SMILES string of the molecule is [N-]=[NH+]c1ccc(Cl)cc1C(=O)O. The van der Waals surface area contributed by atoms with E-state index in [0.29, 0.717) is 5.02 Å². The fourth-order valence-corrected chi connectivity index (χ4v) is 0.963. The van der Waals surface area contributed by atoms with Gasteiger partial charge in [0.15, 0.2) is 0 Å². The number of hydrogen-bond donors (Lipinski definition) is 2. The summed E-state index contributed by atoms with van der Waals surface area (Å²) in [5.74, 6) is -1.14. The summed E-state index contributed by atoms with van der Waals surface area (Å²) < 4.78 is 0. The lowest BCUT2D eigenvalue weighted by Gasteiger charge is -1.96. The average Bonchev–Trinajstić information content (AvgIpc) is 2.04. The van der Waals surface area contributed by atoms with Gasteiger partial charge in [-0.2, -0.15) is 0 Å². The highest BCUT2D eigenvalue weighted by molar-refractivity contribution is 6.31. The van der Waals surface area contributed by atoms with E-state index in [-0.39, 0.29) is 11.3 Å². The van der Waals surface area contributed by atoms with Crippen molar-refractivity contribution < 1.29 is 15.0 Å². The van der Waals surface area contributed by atoms with Gasteiger partial charge in [-0.05, 0) is 12.1 Å². The Hall–Kier alpha value is -1.42. The van der Waals surface area contributed by atoms with E-state index in [1.54, 1.807) is 5.11 Å². The quantitative estimate of drug-likeness (QED) is 0.667. The van der Waals surface area contributed by atoms with Crippen LogP contribution in [0.2, 0.25) is 5.02 Å². The van der Waals surface area contributed by atoms with Crippen molar-refractivity contribution in [3.63, 3.8) is 0 Å². The molecule has 0 aliphatic carbocycles. The van der Waals surface area contributed by atoms with E-state index >= 15 is 0 Å². The molecule has 62 valence electrons. The molecule has 0 radical (unpaired) electrons. The lowest BCUT2D eigenvalue weighted by molar-refractivity contribution is -0.380. The second-order valence-corrected chi connectivity index (χ2v) is 2.54. The average molecular weight is 185 g/mol. The first-order chi connectivity index (χ1) is 5.65. The number of aromatic carboxylic acids is 1. The molecule has 5 heteroatoms. The number of nitrogens with zero attached hydrogens (tertiary/aromatic N) is 1. The fourth-order valence-electron chi connectivity index (χ4n) is 0.791. The minimum absolute atomic E-state index is 0.0648. The minimum atomic E-state index is -1.14. The number of nitrogens with one attached hydrogen (secondary N) is 1. The van der Waals surface area contributed by atoms with Crippen LogP contribution in [0.1, 0.15) is 10.4 Å². The summed E-state index contributed by atoms with van der Waals surface area (Å²) in [6.45, 7) is 0. The number of carboxylic acids is 1. The standard InChI is InChI=1S/C7H5ClN2O2/c8-4-1-2-6(10-9)5(3-4)7(11)12/h1-3,10H,(H,11,12). The molecule has 1 aromatic rings. The Balaban J connectivity index is 3.30. The van der Waals surface area contributed by atoms with Crippen molar-refractivity contribution in [1.29, 1.82) is 0 Å². The molecule has 1 aromatic carbocycles. The van der Waals surface area contributed by atoms with E-state index in [1.165, 1.54) is 18.2 Å². The maximum atomic E-state index is 10.5. The summed E-state index contributed by atoms with van der Waals surface area (Å²) >= 11 is 5.55. The van der Waals surface area contributed by atoms with Crippen LogP contribution in [0.5, 0.6) is 0 Å². The Morgan fingerprint density at radius 1 is 1.58 bits per heavy atom. The lowest BCUT2D eigenvalue weighted by atomic mass is 10.2. The Kier molecular flexibility index (Phi) is 2.40. The summed E-state index contributed by atoms with van der Waals surface area (Å²) in [6, 6.07) is 4.11. The number of halogens is 1. The maximum absolute atomic E-state index is 10.5. The number of rotatable bonds is 2. The van der Waals surface area contributed by atoms with Gasteiger partial charge in [0.25, 0.3) is 0 Å². The van der Waals surface area contributed by atoms with Crippen LogP contribution in [0.3, 0.4) is 0 Å². The van der Waals surface area contributed by atoms with Gasteiger partial charge in [-0.1, -0.05) is 11.6 Å². The third kappa shape index (κ3) is 1.60. The van der Waals surface area contributed by atoms with Crippen LogP contribution in [0.4, 0.5) is 5.69 Å². The van der Waals surface area contributed by atoms with Crippen LogP contribution in [-0.2, 0) is 0 Å². The van der Waals surface area contributed by atoms with Gasteiger partial charge in [0.1, 0.15) is 5.56 Å². The normalized spacial score (nSPS) is 9.42. The highest BCUT2D eigenvalue weighted by Crippen LogP contribution is 2.16. The predicted octanol–water partition coefficient (Wildman–Crippen LogP) is 0.772. The van der Waals surface area contributed by atoms with Crippen LogP contribution in [0, 0.1) is 0 Å². The fraction of sp³-hybridized carbons (Fsp3) is 0. The van der Waals surface area contributed by atoms with Gasteiger partial charge in [0.05, 0.1) is 0 Å². The zero-order valence-corrected chi connectivity index (χ0v) is 6.67. The molecule has 0 aliphatic heterocycles. The summed E-state index contributed by atoms with van der Waals surface area (Å²) in [5.41, 5.74) is 8.55. The topological polar surface area (TPSA) is 73.6 Å². The molecular formula is C7H5ClN2O2. The second-order valence-electron chi connectivity index (χ2n) is 2.11.